The molecular formula is C11H10BrClN4. The molecule has 3 rings (SSSR count). The minimum atomic E-state index is 0.668. The van der Waals surface area contributed by atoms with E-state index in [1.54, 1.807) is 0 Å². The second-order valence-electron chi connectivity index (χ2n) is 3.80. The summed E-state index contributed by atoms with van der Waals surface area (Å²) >= 11 is 9.71. The summed E-state index contributed by atoms with van der Waals surface area (Å²) in [5.74, 6) is 0.797. The maximum atomic E-state index is 6.12. The van der Waals surface area contributed by atoms with Crippen LogP contribution in [0.4, 0.5) is 0 Å². The predicted molar refractivity (Wildman–Crippen MR) is 72.5 cm³/mol. The van der Waals surface area contributed by atoms with Crippen LogP contribution in [-0.2, 0) is 6.54 Å². The van der Waals surface area contributed by atoms with E-state index in [0.717, 1.165) is 33.7 Å². The Morgan fingerprint density at radius 3 is 3.12 bits per heavy atom. The quantitative estimate of drug-likeness (QED) is 0.764. The van der Waals surface area contributed by atoms with Crippen molar-refractivity contribution in [2.75, 3.05) is 7.05 Å². The van der Waals surface area contributed by atoms with Crippen molar-refractivity contribution >= 4 is 44.3 Å². The minimum absolute atomic E-state index is 0.668. The average Bonchev–Trinajstić information content (AvgIpc) is 2.80. The fraction of sp³-hybridized carbons (Fsp3) is 0.182. The van der Waals surface area contributed by atoms with Gasteiger partial charge in [0, 0.05) is 6.54 Å². The van der Waals surface area contributed by atoms with Crippen molar-refractivity contribution in [2.45, 2.75) is 6.54 Å². The number of halogens is 2. The normalized spacial score (nSPS) is 11.7. The Balaban J connectivity index is 2.38. The summed E-state index contributed by atoms with van der Waals surface area (Å²) in [5, 5.41) is 3.77. The number of rotatable bonds is 2. The third kappa shape index (κ3) is 1.57. The number of nitrogens with one attached hydrogen (secondary N) is 2. The Hall–Kier alpha value is -1.04. The summed E-state index contributed by atoms with van der Waals surface area (Å²) in [5.41, 5.74) is 2.88. The molecule has 2 heterocycles. The monoisotopic (exact) mass is 312 g/mol. The predicted octanol–water partition coefficient (Wildman–Crippen LogP) is 2.95. The minimum Gasteiger partial charge on any atom is -0.325 e. The molecule has 88 valence electrons. The van der Waals surface area contributed by atoms with Gasteiger partial charge >= 0.3 is 0 Å². The van der Waals surface area contributed by atoms with E-state index >= 15 is 0 Å². The maximum Gasteiger partial charge on any atom is 0.213 e. The molecule has 0 aliphatic heterocycles. The Morgan fingerprint density at radius 1 is 1.53 bits per heavy atom. The zero-order valence-corrected chi connectivity index (χ0v) is 11.4. The molecule has 2 aromatic heterocycles. The fourth-order valence-corrected chi connectivity index (χ4v) is 2.77. The number of aromatic amines is 1. The van der Waals surface area contributed by atoms with Crippen LogP contribution in [0.3, 0.4) is 0 Å². The first kappa shape index (κ1) is 11.1. The topological polar surface area (TPSA) is 45.1 Å². The second-order valence-corrected chi connectivity index (χ2v) is 4.96. The zero-order valence-electron chi connectivity index (χ0n) is 9.09. The molecule has 1 aromatic carbocycles. The number of hydrogen-bond acceptors (Lipinski definition) is 2. The summed E-state index contributed by atoms with van der Waals surface area (Å²) < 4.78 is 3.00. The van der Waals surface area contributed by atoms with Crippen molar-refractivity contribution in [3.8, 4) is 0 Å². The molecule has 6 heteroatoms. The molecule has 0 aliphatic carbocycles. The Kier molecular flexibility index (Phi) is 2.61. The highest BCUT2D eigenvalue weighted by atomic mass is 79.9. The van der Waals surface area contributed by atoms with Gasteiger partial charge in [-0.2, -0.15) is 0 Å². The number of hydrogen-bond donors (Lipinski definition) is 2. The summed E-state index contributed by atoms with van der Waals surface area (Å²) in [6, 6.07) is 5.78. The Morgan fingerprint density at radius 2 is 2.35 bits per heavy atom. The number of benzene rings is 1. The van der Waals surface area contributed by atoms with Crippen LogP contribution in [0.2, 0.25) is 5.02 Å². The van der Waals surface area contributed by atoms with E-state index in [2.05, 4.69) is 31.2 Å². The van der Waals surface area contributed by atoms with E-state index in [-0.39, 0.29) is 0 Å². The van der Waals surface area contributed by atoms with Crippen LogP contribution in [-0.4, -0.2) is 21.4 Å². The van der Waals surface area contributed by atoms with Crippen molar-refractivity contribution in [2.24, 2.45) is 0 Å². The number of H-pyrrole nitrogens is 1. The third-order valence-corrected chi connectivity index (χ3v) is 3.84. The fourth-order valence-electron chi connectivity index (χ4n) is 1.96. The first-order valence-electron chi connectivity index (χ1n) is 5.20. The van der Waals surface area contributed by atoms with Gasteiger partial charge < -0.3 is 10.3 Å². The summed E-state index contributed by atoms with van der Waals surface area (Å²) in [6.07, 6.45) is 0. The van der Waals surface area contributed by atoms with E-state index in [0.29, 0.717) is 5.02 Å². The first-order valence-corrected chi connectivity index (χ1v) is 6.37. The summed E-state index contributed by atoms with van der Waals surface area (Å²) in [7, 11) is 1.91. The highest BCUT2D eigenvalue weighted by Crippen LogP contribution is 2.28. The number of para-hydroxylation sites is 1. The zero-order chi connectivity index (χ0) is 12.0. The number of imidazole rings is 2. The average molecular weight is 314 g/mol. The SMILES string of the molecule is CNCc1[nH]c2nc3c(Cl)cccc3n2c1Br. The van der Waals surface area contributed by atoms with Crippen LogP contribution in [0.5, 0.6) is 0 Å². The molecular weight excluding hydrogens is 304 g/mol. The van der Waals surface area contributed by atoms with Crippen molar-refractivity contribution < 1.29 is 0 Å². The molecule has 0 spiro atoms. The van der Waals surface area contributed by atoms with Gasteiger partial charge in [0.1, 0.15) is 10.1 Å². The maximum absolute atomic E-state index is 6.12. The number of aromatic nitrogens is 3. The molecule has 0 fully saturated rings. The molecule has 0 aliphatic rings. The third-order valence-electron chi connectivity index (χ3n) is 2.70. The van der Waals surface area contributed by atoms with Gasteiger partial charge in [-0.3, -0.25) is 4.40 Å². The van der Waals surface area contributed by atoms with E-state index in [9.17, 15) is 0 Å². The van der Waals surface area contributed by atoms with E-state index < -0.39 is 0 Å². The van der Waals surface area contributed by atoms with Crippen molar-refractivity contribution in [1.29, 1.82) is 0 Å². The molecule has 17 heavy (non-hydrogen) atoms. The number of fused-ring (bicyclic) bond motifs is 3. The standard InChI is InChI=1S/C11H10BrClN4/c1-14-5-7-10(12)17-8-4-2-3-6(13)9(8)16-11(17)15-7/h2-4,14H,5H2,1H3,(H,15,16). The van der Waals surface area contributed by atoms with Crippen molar-refractivity contribution in [3.63, 3.8) is 0 Å². The number of nitrogens with zero attached hydrogens (tertiary/aromatic N) is 2. The van der Waals surface area contributed by atoms with Crippen LogP contribution in [0.15, 0.2) is 22.8 Å². The Labute approximate surface area is 111 Å². The molecule has 0 saturated heterocycles. The van der Waals surface area contributed by atoms with Gasteiger partial charge in [-0.1, -0.05) is 17.7 Å². The molecule has 0 saturated carbocycles. The van der Waals surface area contributed by atoms with Crippen molar-refractivity contribution in [1.82, 2.24) is 19.7 Å². The molecule has 3 aromatic rings. The van der Waals surface area contributed by atoms with Crippen LogP contribution in [0, 0.1) is 0 Å². The summed E-state index contributed by atoms with van der Waals surface area (Å²) in [4.78, 5) is 7.76. The van der Waals surface area contributed by atoms with Gasteiger partial charge in [0.2, 0.25) is 5.78 Å². The highest BCUT2D eigenvalue weighted by Gasteiger charge is 2.14. The van der Waals surface area contributed by atoms with Gasteiger partial charge in [-0.25, -0.2) is 4.98 Å². The molecule has 0 atom stereocenters. The van der Waals surface area contributed by atoms with Crippen LogP contribution >= 0.6 is 27.5 Å². The smallest absolute Gasteiger partial charge is 0.213 e. The van der Waals surface area contributed by atoms with E-state index in [4.69, 9.17) is 11.6 Å². The second kappa shape index (κ2) is 4.01. The lowest BCUT2D eigenvalue weighted by molar-refractivity contribution is 0.793. The van der Waals surface area contributed by atoms with Gasteiger partial charge in [0.05, 0.1) is 16.2 Å². The van der Waals surface area contributed by atoms with Gasteiger partial charge in [0.25, 0.3) is 0 Å². The molecule has 2 N–H and O–H groups in total. The van der Waals surface area contributed by atoms with Gasteiger partial charge in [-0.05, 0) is 35.1 Å². The Bertz CT molecular complexity index is 700. The molecule has 0 unspecified atom stereocenters. The highest BCUT2D eigenvalue weighted by molar-refractivity contribution is 9.10. The lowest BCUT2D eigenvalue weighted by atomic mass is 10.3. The summed E-state index contributed by atoms with van der Waals surface area (Å²) in [6.45, 7) is 0.756. The van der Waals surface area contributed by atoms with Gasteiger partial charge in [-0.15, -0.1) is 0 Å². The molecule has 0 radical (unpaired) electrons. The van der Waals surface area contributed by atoms with Crippen molar-refractivity contribution in [3.05, 3.63) is 33.5 Å². The molecule has 4 nitrogen and oxygen atoms in total. The van der Waals surface area contributed by atoms with Crippen LogP contribution in [0.25, 0.3) is 16.8 Å². The lowest BCUT2D eigenvalue weighted by Gasteiger charge is -1.98. The molecule has 0 amide bonds. The first-order chi connectivity index (χ1) is 8.22. The van der Waals surface area contributed by atoms with E-state index in [1.165, 1.54) is 0 Å². The van der Waals surface area contributed by atoms with Crippen LogP contribution < -0.4 is 5.32 Å². The van der Waals surface area contributed by atoms with Crippen LogP contribution in [0.1, 0.15) is 5.69 Å². The lowest BCUT2D eigenvalue weighted by Crippen LogP contribution is -2.05. The molecule has 0 bridgehead atoms. The largest absolute Gasteiger partial charge is 0.325 e. The van der Waals surface area contributed by atoms with Gasteiger partial charge in [0.15, 0.2) is 0 Å². The van der Waals surface area contributed by atoms with E-state index in [1.807, 2.05) is 29.6 Å².